The molecule has 4 unspecified atom stereocenters. The first kappa shape index (κ1) is 25.8. The molecule has 0 aromatic heterocycles. The van der Waals surface area contributed by atoms with Crippen molar-refractivity contribution in [3.05, 3.63) is 11.0 Å². The highest BCUT2D eigenvalue weighted by atomic mass is 35.5. The molecule has 1 saturated heterocycles. The van der Waals surface area contributed by atoms with Gasteiger partial charge in [0.25, 0.3) is 0 Å². The van der Waals surface area contributed by atoms with Gasteiger partial charge in [0.1, 0.15) is 0 Å². The summed E-state index contributed by atoms with van der Waals surface area (Å²) in [5, 5.41) is 0.0975. The van der Waals surface area contributed by atoms with Crippen molar-refractivity contribution in [2.45, 2.75) is 114 Å². The normalized spacial score (nSPS) is 33.8. The molecule has 4 aliphatic rings. The molecule has 0 aromatic carbocycles. The second-order valence-corrected chi connectivity index (χ2v) is 14.3. The van der Waals surface area contributed by atoms with Crippen molar-refractivity contribution in [2.24, 2.45) is 17.8 Å². The second kappa shape index (κ2) is 10.4. The molecule has 3 aliphatic carbocycles. The van der Waals surface area contributed by atoms with Crippen molar-refractivity contribution in [3.8, 4) is 0 Å². The zero-order valence-electron chi connectivity index (χ0n) is 20.7. The predicted molar refractivity (Wildman–Crippen MR) is 137 cm³/mol. The zero-order chi connectivity index (χ0) is 23.8. The number of hydrogen-bond acceptors (Lipinski definition) is 4. The van der Waals surface area contributed by atoms with Crippen LogP contribution in [-0.4, -0.2) is 55.3 Å². The lowest BCUT2D eigenvalue weighted by Crippen LogP contribution is -2.56. The number of rotatable bonds is 6. The first-order valence-electron chi connectivity index (χ1n) is 13.2. The van der Waals surface area contributed by atoms with Crippen LogP contribution in [0.25, 0.3) is 0 Å². The Balaban J connectivity index is 1.55. The molecule has 1 amide bonds. The summed E-state index contributed by atoms with van der Waals surface area (Å²) in [6, 6.07) is 0.453. The molecule has 190 valence electrons. The number of allylic oxidation sites excluding steroid dienone is 2. The number of carbonyl (C=O) groups excluding carboxylic acids is 1. The fourth-order valence-electron chi connectivity index (χ4n) is 6.88. The highest BCUT2D eigenvalue weighted by Gasteiger charge is 2.54. The van der Waals surface area contributed by atoms with Crippen LogP contribution in [0.2, 0.25) is 0 Å². The van der Waals surface area contributed by atoms with Crippen LogP contribution in [0, 0.1) is 17.8 Å². The van der Waals surface area contributed by atoms with Crippen LogP contribution in [-0.2, 0) is 9.53 Å². The van der Waals surface area contributed by atoms with Gasteiger partial charge in [-0.25, -0.2) is 0 Å². The molecule has 5 nitrogen and oxygen atoms in total. The summed E-state index contributed by atoms with van der Waals surface area (Å²) in [5.41, 5.74) is 0. The Bertz CT molecular complexity index is 732. The smallest absolute Gasteiger partial charge is 0.226 e. The number of carbonyl (C=O) groups is 1. The van der Waals surface area contributed by atoms with E-state index in [2.05, 4.69) is 25.7 Å². The van der Waals surface area contributed by atoms with Gasteiger partial charge in [-0.1, -0.05) is 19.4 Å². The van der Waals surface area contributed by atoms with E-state index in [1.165, 1.54) is 6.42 Å². The SMILES string of the molecule is CC1CC(C2(S(O)(O)C3=CCC(Cl)CC3)CCOCC2)CCC1N(C(=O)C1CCC1)C(C)C. The summed E-state index contributed by atoms with van der Waals surface area (Å²) in [7, 11) is -2.93. The van der Waals surface area contributed by atoms with E-state index in [0.717, 1.165) is 49.9 Å². The van der Waals surface area contributed by atoms with E-state index in [1.807, 2.05) is 6.08 Å². The Kier molecular flexibility index (Phi) is 8.12. The lowest BCUT2D eigenvalue weighted by atomic mass is 9.69. The van der Waals surface area contributed by atoms with E-state index >= 15 is 0 Å². The van der Waals surface area contributed by atoms with E-state index in [4.69, 9.17) is 16.3 Å². The topological polar surface area (TPSA) is 70.0 Å². The van der Waals surface area contributed by atoms with Gasteiger partial charge in [0.05, 0.1) is 4.75 Å². The molecule has 0 bridgehead atoms. The quantitative estimate of drug-likeness (QED) is 0.392. The zero-order valence-corrected chi connectivity index (χ0v) is 22.3. The second-order valence-electron chi connectivity index (χ2n) is 11.3. The summed E-state index contributed by atoms with van der Waals surface area (Å²) in [6.07, 6.45) is 11.7. The minimum atomic E-state index is -2.93. The third kappa shape index (κ3) is 4.89. The van der Waals surface area contributed by atoms with Crippen LogP contribution < -0.4 is 0 Å². The number of nitrogens with zero attached hydrogens (tertiary/aromatic N) is 1. The van der Waals surface area contributed by atoms with Gasteiger partial charge in [0.2, 0.25) is 5.91 Å². The van der Waals surface area contributed by atoms with Gasteiger partial charge in [0.15, 0.2) is 0 Å². The fourth-order valence-corrected chi connectivity index (χ4v) is 9.74. The van der Waals surface area contributed by atoms with Gasteiger partial charge in [-0.05, 0) is 89.9 Å². The Hall–Kier alpha value is -0.270. The lowest BCUT2D eigenvalue weighted by Gasteiger charge is -2.59. The van der Waals surface area contributed by atoms with E-state index in [1.54, 1.807) is 0 Å². The van der Waals surface area contributed by atoms with E-state index in [0.29, 0.717) is 44.3 Å². The van der Waals surface area contributed by atoms with Crippen molar-refractivity contribution in [2.75, 3.05) is 13.2 Å². The maximum atomic E-state index is 13.3. The van der Waals surface area contributed by atoms with Crippen LogP contribution in [0.5, 0.6) is 0 Å². The largest absolute Gasteiger partial charge is 0.381 e. The first-order chi connectivity index (χ1) is 15.7. The Morgan fingerprint density at radius 1 is 1.18 bits per heavy atom. The molecule has 4 rings (SSSR count). The summed E-state index contributed by atoms with van der Waals surface area (Å²) >= 11 is 6.30. The number of amides is 1. The summed E-state index contributed by atoms with van der Waals surface area (Å²) in [5.74, 6) is 1.15. The number of hydrogen-bond donors (Lipinski definition) is 2. The molecule has 1 aliphatic heterocycles. The molecule has 7 heteroatoms. The maximum Gasteiger partial charge on any atom is 0.226 e. The highest BCUT2D eigenvalue weighted by Crippen LogP contribution is 2.69. The van der Waals surface area contributed by atoms with Crippen molar-refractivity contribution in [3.63, 3.8) is 0 Å². The summed E-state index contributed by atoms with van der Waals surface area (Å²) in [4.78, 5) is 16.3. The van der Waals surface area contributed by atoms with E-state index in [9.17, 15) is 13.9 Å². The minimum absolute atomic E-state index is 0.0975. The maximum absolute atomic E-state index is 13.3. The number of halogens is 1. The molecule has 0 spiro atoms. The Morgan fingerprint density at radius 3 is 2.39 bits per heavy atom. The number of alkyl halides is 1. The third-order valence-corrected chi connectivity index (χ3v) is 12.4. The molecule has 4 atom stereocenters. The van der Waals surface area contributed by atoms with Gasteiger partial charge < -0.3 is 9.64 Å². The number of ether oxygens (including phenoxy) is 1. The first-order valence-corrected chi connectivity index (χ1v) is 15.2. The summed E-state index contributed by atoms with van der Waals surface area (Å²) in [6.45, 7) is 7.75. The third-order valence-electron chi connectivity index (χ3n) is 9.07. The standard InChI is InChI=1S/C26H44ClNO4S/c1-18(2)28(25(29)20-5-4-6-20)24-12-7-21(17-19(24)3)26(13-15-32-16-14-26)33(30,31)23-10-8-22(27)9-11-23/h10,18-22,24,30-31H,4-9,11-17H2,1-3H3. The highest BCUT2D eigenvalue weighted by molar-refractivity contribution is 8.28. The molecule has 2 N–H and O–H groups in total. The fraction of sp³-hybridized carbons (Fsp3) is 0.885. The Labute approximate surface area is 207 Å². The van der Waals surface area contributed by atoms with Crippen molar-refractivity contribution in [1.82, 2.24) is 4.90 Å². The molecule has 1 heterocycles. The molecule has 3 fully saturated rings. The summed E-state index contributed by atoms with van der Waals surface area (Å²) < 4.78 is 28.8. The predicted octanol–water partition coefficient (Wildman–Crippen LogP) is 6.80. The van der Waals surface area contributed by atoms with Gasteiger partial charge >= 0.3 is 0 Å². The Morgan fingerprint density at radius 2 is 1.88 bits per heavy atom. The van der Waals surface area contributed by atoms with Crippen molar-refractivity contribution >= 4 is 28.1 Å². The van der Waals surface area contributed by atoms with E-state index < -0.39 is 15.3 Å². The molecular formula is C26H44ClNO4S. The van der Waals surface area contributed by atoms with Crippen molar-refractivity contribution in [1.29, 1.82) is 0 Å². The van der Waals surface area contributed by atoms with Crippen LogP contribution in [0.15, 0.2) is 11.0 Å². The van der Waals surface area contributed by atoms with Gasteiger partial charge in [-0.15, -0.1) is 11.6 Å². The van der Waals surface area contributed by atoms with Gasteiger partial charge in [-0.3, -0.25) is 13.9 Å². The molecule has 33 heavy (non-hydrogen) atoms. The molecule has 0 aromatic rings. The van der Waals surface area contributed by atoms with Crippen LogP contribution in [0.3, 0.4) is 0 Å². The van der Waals surface area contributed by atoms with Crippen LogP contribution >= 0.6 is 22.2 Å². The average Bonchev–Trinajstić information content (AvgIpc) is 2.74. The van der Waals surface area contributed by atoms with Crippen molar-refractivity contribution < 1.29 is 18.6 Å². The molecular weight excluding hydrogens is 458 g/mol. The minimum Gasteiger partial charge on any atom is -0.381 e. The van der Waals surface area contributed by atoms with Crippen LogP contribution in [0.4, 0.5) is 0 Å². The molecule has 2 saturated carbocycles. The molecule has 0 radical (unpaired) electrons. The monoisotopic (exact) mass is 501 g/mol. The lowest BCUT2D eigenvalue weighted by molar-refractivity contribution is -0.145. The van der Waals surface area contributed by atoms with Crippen LogP contribution in [0.1, 0.15) is 91.4 Å². The van der Waals surface area contributed by atoms with Gasteiger partial charge in [-0.2, -0.15) is 10.6 Å². The average molecular weight is 502 g/mol. The van der Waals surface area contributed by atoms with Gasteiger partial charge in [0, 0.05) is 41.5 Å². The van der Waals surface area contributed by atoms with E-state index in [-0.39, 0.29) is 29.3 Å².